The third kappa shape index (κ3) is 4.72. The Morgan fingerprint density at radius 1 is 1.00 bits per heavy atom. The molecule has 0 bridgehead atoms. The normalized spacial score (nSPS) is 13.1. The second kappa shape index (κ2) is 9.20. The van der Waals surface area contributed by atoms with Crippen LogP contribution in [0.15, 0.2) is 77.3 Å². The zero-order valence-corrected chi connectivity index (χ0v) is 18.4. The number of fused-ring (bicyclic) bond motifs is 3. The van der Waals surface area contributed by atoms with E-state index in [4.69, 9.17) is 4.74 Å². The first kappa shape index (κ1) is 22.1. The maximum Gasteiger partial charge on any atom is 0.416 e. The van der Waals surface area contributed by atoms with Crippen molar-refractivity contribution in [1.29, 1.82) is 0 Å². The van der Waals surface area contributed by atoms with Crippen LogP contribution in [0.1, 0.15) is 28.2 Å². The third-order valence-corrected chi connectivity index (χ3v) is 6.05. The van der Waals surface area contributed by atoms with Crippen molar-refractivity contribution in [3.63, 3.8) is 0 Å². The fourth-order valence-electron chi connectivity index (χ4n) is 3.83. The molecule has 0 unspecified atom stereocenters. The number of hydrogen-bond acceptors (Lipinski definition) is 2. The van der Waals surface area contributed by atoms with E-state index in [0.29, 0.717) is 10.0 Å². The minimum atomic E-state index is -4.41. The number of halogens is 4. The second-order valence-corrected chi connectivity index (χ2v) is 8.20. The molecule has 0 atom stereocenters. The summed E-state index contributed by atoms with van der Waals surface area (Å²) in [4.78, 5) is 12.2. The standard InChI is InChI=1S/C25H19BrF3NO2/c26-23-12-11-17(25(27,28)29)14-16(23)6-5-13-30-24(31)32-15-22-20-9-3-1-7-18(20)19-8-2-4-10-21(19)22/h1-12,14,22H,13,15H2,(H,30,31). The second-order valence-electron chi connectivity index (χ2n) is 7.34. The van der Waals surface area contributed by atoms with Gasteiger partial charge in [0, 0.05) is 16.9 Å². The Balaban J connectivity index is 1.34. The molecule has 0 radical (unpaired) electrons. The highest BCUT2D eigenvalue weighted by atomic mass is 79.9. The van der Waals surface area contributed by atoms with Gasteiger partial charge in [0.15, 0.2) is 0 Å². The van der Waals surface area contributed by atoms with Crippen molar-refractivity contribution in [2.45, 2.75) is 12.1 Å². The molecule has 0 fully saturated rings. The number of benzene rings is 3. The Hall–Kier alpha value is -3.06. The summed E-state index contributed by atoms with van der Waals surface area (Å²) < 4.78 is 44.6. The van der Waals surface area contributed by atoms with E-state index in [1.54, 1.807) is 6.08 Å². The van der Waals surface area contributed by atoms with E-state index in [9.17, 15) is 18.0 Å². The highest BCUT2D eigenvalue weighted by molar-refractivity contribution is 9.10. The molecular formula is C25H19BrF3NO2. The number of rotatable bonds is 5. The number of alkyl carbamates (subject to hydrolysis) is 1. The maximum absolute atomic E-state index is 12.9. The van der Waals surface area contributed by atoms with Crippen LogP contribution in [-0.2, 0) is 10.9 Å². The van der Waals surface area contributed by atoms with Crippen molar-refractivity contribution < 1.29 is 22.7 Å². The van der Waals surface area contributed by atoms with Crippen LogP contribution in [-0.4, -0.2) is 19.2 Å². The molecule has 7 heteroatoms. The summed E-state index contributed by atoms with van der Waals surface area (Å²) in [7, 11) is 0. The summed E-state index contributed by atoms with van der Waals surface area (Å²) in [5, 5.41) is 2.60. The van der Waals surface area contributed by atoms with Gasteiger partial charge in [0.1, 0.15) is 6.61 Å². The Labute approximate surface area is 192 Å². The minimum Gasteiger partial charge on any atom is -0.449 e. The molecule has 32 heavy (non-hydrogen) atoms. The summed E-state index contributed by atoms with van der Waals surface area (Å²) in [6, 6.07) is 19.5. The zero-order valence-electron chi connectivity index (χ0n) is 16.8. The van der Waals surface area contributed by atoms with Crippen LogP contribution in [0.25, 0.3) is 17.2 Å². The van der Waals surface area contributed by atoms with E-state index >= 15 is 0 Å². The van der Waals surface area contributed by atoms with Crippen LogP contribution >= 0.6 is 15.9 Å². The number of ether oxygens (including phenoxy) is 1. The first-order valence-electron chi connectivity index (χ1n) is 9.96. The lowest BCUT2D eigenvalue weighted by Gasteiger charge is -2.14. The van der Waals surface area contributed by atoms with Gasteiger partial charge >= 0.3 is 12.3 Å². The van der Waals surface area contributed by atoms with Gasteiger partial charge in [0.05, 0.1) is 5.56 Å². The molecule has 1 aliphatic rings. The summed E-state index contributed by atoms with van der Waals surface area (Å²) in [6.45, 7) is 0.322. The summed E-state index contributed by atoms with van der Waals surface area (Å²) >= 11 is 3.24. The van der Waals surface area contributed by atoms with Crippen LogP contribution in [0.2, 0.25) is 0 Å². The average molecular weight is 502 g/mol. The first-order chi connectivity index (χ1) is 15.3. The van der Waals surface area contributed by atoms with Crippen LogP contribution in [0.5, 0.6) is 0 Å². The molecule has 0 heterocycles. The predicted molar refractivity (Wildman–Crippen MR) is 121 cm³/mol. The van der Waals surface area contributed by atoms with Crippen molar-refractivity contribution in [1.82, 2.24) is 5.32 Å². The van der Waals surface area contributed by atoms with Crippen LogP contribution in [0.3, 0.4) is 0 Å². The molecule has 0 aliphatic heterocycles. The summed E-state index contributed by atoms with van der Waals surface area (Å²) in [6.07, 6.45) is -1.91. The lowest BCUT2D eigenvalue weighted by Crippen LogP contribution is -2.26. The molecule has 3 aromatic carbocycles. The third-order valence-electron chi connectivity index (χ3n) is 5.33. The first-order valence-corrected chi connectivity index (χ1v) is 10.8. The number of alkyl halides is 3. The van der Waals surface area contributed by atoms with Crippen LogP contribution < -0.4 is 5.32 Å². The van der Waals surface area contributed by atoms with Gasteiger partial charge in [0.2, 0.25) is 0 Å². The fraction of sp³-hybridized carbons (Fsp3) is 0.160. The molecule has 3 nitrogen and oxygen atoms in total. The monoisotopic (exact) mass is 501 g/mol. The molecule has 0 saturated heterocycles. The van der Waals surface area contributed by atoms with E-state index in [-0.39, 0.29) is 19.1 Å². The van der Waals surface area contributed by atoms with E-state index in [2.05, 4.69) is 33.4 Å². The largest absolute Gasteiger partial charge is 0.449 e. The van der Waals surface area contributed by atoms with Gasteiger partial charge in [0.25, 0.3) is 0 Å². The quantitative estimate of drug-likeness (QED) is 0.407. The van der Waals surface area contributed by atoms with Gasteiger partial charge in [-0.05, 0) is 46.0 Å². The minimum absolute atomic E-state index is 0.0373. The molecule has 1 aliphatic carbocycles. The summed E-state index contributed by atoms with van der Waals surface area (Å²) in [5.74, 6) is -0.0373. The van der Waals surface area contributed by atoms with Crippen LogP contribution in [0.4, 0.5) is 18.0 Å². The van der Waals surface area contributed by atoms with Gasteiger partial charge in [-0.2, -0.15) is 13.2 Å². The number of hydrogen-bond donors (Lipinski definition) is 1. The zero-order chi connectivity index (χ0) is 22.7. The highest BCUT2D eigenvalue weighted by Crippen LogP contribution is 2.44. The van der Waals surface area contributed by atoms with Gasteiger partial charge < -0.3 is 10.1 Å². The van der Waals surface area contributed by atoms with Gasteiger partial charge in [-0.25, -0.2) is 4.79 Å². The molecule has 0 aromatic heterocycles. The number of nitrogens with one attached hydrogen (secondary N) is 1. The molecule has 4 rings (SSSR count). The molecule has 1 N–H and O–H groups in total. The lowest BCUT2D eigenvalue weighted by atomic mass is 9.98. The molecule has 1 amide bonds. The van der Waals surface area contributed by atoms with Crippen molar-refractivity contribution in [3.8, 4) is 11.1 Å². The van der Waals surface area contributed by atoms with Gasteiger partial charge in [-0.3, -0.25) is 0 Å². The highest BCUT2D eigenvalue weighted by Gasteiger charge is 2.31. The smallest absolute Gasteiger partial charge is 0.416 e. The van der Waals surface area contributed by atoms with Crippen molar-refractivity contribution in [2.75, 3.05) is 13.2 Å². The van der Waals surface area contributed by atoms with E-state index in [1.807, 2.05) is 36.4 Å². The topological polar surface area (TPSA) is 38.3 Å². The molecule has 0 spiro atoms. The van der Waals surface area contributed by atoms with E-state index < -0.39 is 17.8 Å². The Morgan fingerprint density at radius 2 is 1.62 bits per heavy atom. The van der Waals surface area contributed by atoms with Crippen LogP contribution in [0, 0.1) is 0 Å². The number of amides is 1. The van der Waals surface area contributed by atoms with Gasteiger partial charge in [-0.15, -0.1) is 0 Å². The Kier molecular flexibility index (Phi) is 6.37. The van der Waals surface area contributed by atoms with Crippen molar-refractivity contribution >= 4 is 28.1 Å². The predicted octanol–water partition coefficient (Wildman–Crippen LogP) is 7.02. The summed E-state index contributed by atoms with van der Waals surface area (Å²) in [5.41, 5.74) is 4.17. The fourth-order valence-corrected chi connectivity index (χ4v) is 4.20. The van der Waals surface area contributed by atoms with E-state index in [1.165, 1.54) is 12.1 Å². The lowest BCUT2D eigenvalue weighted by molar-refractivity contribution is -0.137. The molecular weight excluding hydrogens is 483 g/mol. The number of carbonyl (C=O) groups excluding carboxylic acids is 1. The van der Waals surface area contributed by atoms with Crippen molar-refractivity contribution in [2.24, 2.45) is 0 Å². The Morgan fingerprint density at radius 3 is 2.25 bits per heavy atom. The van der Waals surface area contributed by atoms with E-state index in [0.717, 1.165) is 34.4 Å². The Bertz CT molecular complexity index is 1130. The molecule has 164 valence electrons. The van der Waals surface area contributed by atoms with Crippen molar-refractivity contribution in [3.05, 3.63) is 99.5 Å². The van der Waals surface area contributed by atoms with Gasteiger partial charge in [-0.1, -0.05) is 76.6 Å². The maximum atomic E-state index is 12.9. The molecule has 3 aromatic rings. The SMILES string of the molecule is O=C(NCC=Cc1cc(C(F)(F)F)ccc1Br)OCC1c2ccccc2-c2ccccc21. The average Bonchev–Trinajstić information content (AvgIpc) is 3.09. The molecule has 0 saturated carbocycles. The number of carbonyl (C=O) groups is 1.